The minimum Gasteiger partial charge on any atom is -0.381 e. The molecule has 0 fully saturated rings. The lowest BCUT2D eigenvalue weighted by atomic mass is 10.0. The molecule has 1 aliphatic rings. The van der Waals surface area contributed by atoms with Crippen LogP contribution >= 0.6 is 0 Å². The van der Waals surface area contributed by atoms with Gasteiger partial charge in [-0.1, -0.05) is 12.2 Å². The number of hydrogen-bond donors (Lipinski definition) is 2. The molecule has 0 aliphatic carbocycles. The number of rotatable bonds is 2. The summed E-state index contributed by atoms with van der Waals surface area (Å²) in [6.07, 6.45) is -1.43. The first-order chi connectivity index (χ1) is 9.30. The number of nitrogens with zero attached hydrogens (tertiary/aromatic N) is 1. The third-order valence-corrected chi connectivity index (χ3v) is 2.62. The highest BCUT2D eigenvalue weighted by Crippen LogP contribution is 2.33. The number of nitro groups is 1. The average Bonchev–Trinajstić information content (AvgIpc) is 2.38. The Labute approximate surface area is 109 Å². The molecule has 1 aromatic rings. The van der Waals surface area contributed by atoms with Crippen molar-refractivity contribution >= 4 is 11.4 Å². The van der Waals surface area contributed by atoms with E-state index in [1.54, 1.807) is 0 Å². The maximum absolute atomic E-state index is 12.9. The van der Waals surface area contributed by atoms with Gasteiger partial charge < -0.3 is 10.3 Å². The van der Waals surface area contributed by atoms with Crippen molar-refractivity contribution in [2.24, 2.45) is 0 Å². The van der Waals surface area contributed by atoms with Gasteiger partial charge in [-0.2, -0.15) is 13.2 Å². The number of halogens is 3. The molecule has 1 aliphatic heterocycles. The summed E-state index contributed by atoms with van der Waals surface area (Å²) >= 11 is 0. The molecule has 0 radical (unpaired) electrons. The van der Waals surface area contributed by atoms with E-state index in [1.807, 2.05) is 0 Å². The zero-order chi connectivity index (χ0) is 14.9. The average molecular weight is 287 g/mol. The number of hydrogen-bond acceptors (Lipinski definition) is 4. The number of alkyl halides is 3. The van der Waals surface area contributed by atoms with E-state index in [0.29, 0.717) is 0 Å². The van der Waals surface area contributed by atoms with Crippen LogP contribution in [0.15, 0.2) is 34.8 Å². The van der Waals surface area contributed by atoms with Crippen LogP contribution in [-0.4, -0.2) is 22.6 Å². The summed E-state index contributed by atoms with van der Waals surface area (Å²) in [6.45, 7) is 0.155. The summed E-state index contributed by atoms with van der Waals surface area (Å²) in [5.74, 6) is 0. The highest BCUT2D eigenvalue weighted by molar-refractivity contribution is 5.72. The number of allylic oxidation sites excluding steroid dienone is 2. The first-order valence-electron chi connectivity index (χ1n) is 5.40. The molecule has 2 rings (SSSR count). The maximum atomic E-state index is 12.9. The van der Waals surface area contributed by atoms with Gasteiger partial charge in [0.05, 0.1) is 16.2 Å². The monoisotopic (exact) mass is 287 g/mol. The SMILES string of the molecule is O=c1[nH]cc(C2=C(C(F)(F)F)C=CCN2)cc1[N+](=O)[O-]. The lowest BCUT2D eigenvalue weighted by Gasteiger charge is -2.19. The molecule has 6 nitrogen and oxygen atoms in total. The van der Waals surface area contributed by atoms with Gasteiger partial charge in [-0.25, -0.2) is 0 Å². The molecule has 0 saturated heterocycles. The van der Waals surface area contributed by atoms with Crippen LogP contribution in [0.3, 0.4) is 0 Å². The fraction of sp³-hybridized carbons (Fsp3) is 0.182. The second-order valence-electron chi connectivity index (χ2n) is 3.93. The smallest absolute Gasteiger partial charge is 0.381 e. The van der Waals surface area contributed by atoms with Gasteiger partial charge in [-0.15, -0.1) is 0 Å². The number of pyridine rings is 1. The summed E-state index contributed by atoms with van der Waals surface area (Å²) in [4.78, 5) is 23.0. The molecule has 20 heavy (non-hydrogen) atoms. The van der Waals surface area contributed by atoms with Gasteiger partial charge >= 0.3 is 17.4 Å². The topological polar surface area (TPSA) is 88.0 Å². The summed E-state index contributed by atoms with van der Waals surface area (Å²) in [7, 11) is 0. The molecule has 0 amide bonds. The standard InChI is InChI=1S/C11H8F3N3O3/c12-11(13,14)7-2-1-3-15-9(7)6-4-8(17(19)20)10(18)16-5-6/h1-2,4-5,15H,3H2,(H,16,18). The van der Waals surface area contributed by atoms with E-state index in [1.165, 1.54) is 6.08 Å². The van der Waals surface area contributed by atoms with E-state index in [9.17, 15) is 28.1 Å². The van der Waals surface area contributed by atoms with Gasteiger partial charge in [0.15, 0.2) is 0 Å². The minimum absolute atomic E-state index is 0.104. The van der Waals surface area contributed by atoms with Crippen molar-refractivity contribution in [1.82, 2.24) is 10.3 Å². The predicted octanol–water partition coefficient (Wildman–Crippen LogP) is 1.72. The van der Waals surface area contributed by atoms with E-state index in [4.69, 9.17) is 0 Å². The maximum Gasteiger partial charge on any atom is 0.418 e. The highest BCUT2D eigenvalue weighted by atomic mass is 19.4. The molecule has 0 saturated carbocycles. The second-order valence-corrected chi connectivity index (χ2v) is 3.93. The molecule has 0 bridgehead atoms. The van der Waals surface area contributed by atoms with Gasteiger partial charge in [0, 0.05) is 24.4 Å². The fourth-order valence-corrected chi connectivity index (χ4v) is 1.76. The van der Waals surface area contributed by atoms with Crippen LogP contribution in [0, 0.1) is 10.1 Å². The number of aromatic amines is 1. The van der Waals surface area contributed by atoms with Crippen LogP contribution in [0.25, 0.3) is 5.70 Å². The van der Waals surface area contributed by atoms with E-state index >= 15 is 0 Å². The first kappa shape index (κ1) is 13.8. The van der Waals surface area contributed by atoms with Crippen LogP contribution in [0.5, 0.6) is 0 Å². The number of H-pyrrole nitrogens is 1. The lowest BCUT2D eigenvalue weighted by Crippen LogP contribution is -2.25. The van der Waals surface area contributed by atoms with Crippen LogP contribution in [0.1, 0.15) is 5.56 Å². The van der Waals surface area contributed by atoms with E-state index in [0.717, 1.165) is 18.3 Å². The molecular formula is C11H8F3N3O3. The van der Waals surface area contributed by atoms with Gasteiger partial charge in [-0.3, -0.25) is 14.9 Å². The molecule has 0 spiro atoms. The quantitative estimate of drug-likeness (QED) is 0.640. The Kier molecular flexibility index (Phi) is 3.35. The largest absolute Gasteiger partial charge is 0.418 e. The second kappa shape index (κ2) is 4.83. The molecule has 1 aromatic heterocycles. The summed E-state index contributed by atoms with van der Waals surface area (Å²) in [5, 5.41) is 13.2. The number of aromatic nitrogens is 1. The molecular weight excluding hydrogens is 279 g/mol. The summed E-state index contributed by atoms with van der Waals surface area (Å²) in [6, 6.07) is 0.812. The number of dihydropyridines is 1. The fourth-order valence-electron chi connectivity index (χ4n) is 1.76. The zero-order valence-electron chi connectivity index (χ0n) is 9.82. The van der Waals surface area contributed by atoms with Crippen molar-refractivity contribution in [3.05, 3.63) is 56.0 Å². The molecule has 0 aromatic carbocycles. The Morgan fingerprint density at radius 3 is 2.65 bits per heavy atom. The van der Waals surface area contributed by atoms with Gasteiger partial charge in [-0.05, 0) is 0 Å². The normalized spacial score (nSPS) is 15.2. The molecule has 9 heteroatoms. The van der Waals surface area contributed by atoms with Crippen molar-refractivity contribution in [2.75, 3.05) is 6.54 Å². The van der Waals surface area contributed by atoms with Crippen LogP contribution < -0.4 is 10.9 Å². The molecule has 2 heterocycles. The van der Waals surface area contributed by atoms with Crippen molar-refractivity contribution in [1.29, 1.82) is 0 Å². The Morgan fingerprint density at radius 2 is 2.05 bits per heavy atom. The minimum atomic E-state index is -4.61. The van der Waals surface area contributed by atoms with Gasteiger partial charge in [0.25, 0.3) is 0 Å². The van der Waals surface area contributed by atoms with E-state index in [-0.39, 0.29) is 17.8 Å². The van der Waals surface area contributed by atoms with Crippen LogP contribution in [0.4, 0.5) is 18.9 Å². The van der Waals surface area contributed by atoms with Crippen LogP contribution in [0.2, 0.25) is 0 Å². The number of nitrogens with one attached hydrogen (secondary N) is 2. The Balaban J connectivity index is 2.62. The first-order valence-corrected chi connectivity index (χ1v) is 5.40. The third-order valence-electron chi connectivity index (χ3n) is 2.62. The van der Waals surface area contributed by atoms with Crippen molar-refractivity contribution in [3.63, 3.8) is 0 Å². The van der Waals surface area contributed by atoms with E-state index in [2.05, 4.69) is 10.3 Å². The zero-order valence-corrected chi connectivity index (χ0v) is 9.82. The van der Waals surface area contributed by atoms with Crippen LogP contribution in [-0.2, 0) is 0 Å². The Hall–Kier alpha value is -2.58. The van der Waals surface area contributed by atoms with E-state index < -0.39 is 27.9 Å². The molecule has 0 unspecified atom stereocenters. The summed E-state index contributed by atoms with van der Waals surface area (Å²) in [5.41, 5.74) is -3.15. The Bertz CT molecular complexity index is 673. The van der Waals surface area contributed by atoms with Crippen molar-refractivity contribution < 1.29 is 18.1 Å². The summed E-state index contributed by atoms with van der Waals surface area (Å²) < 4.78 is 38.6. The van der Waals surface area contributed by atoms with Crippen molar-refractivity contribution in [3.8, 4) is 0 Å². The molecule has 2 N–H and O–H groups in total. The van der Waals surface area contributed by atoms with Crippen molar-refractivity contribution in [2.45, 2.75) is 6.18 Å². The predicted molar refractivity (Wildman–Crippen MR) is 63.8 cm³/mol. The highest BCUT2D eigenvalue weighted by Gasteiger charge is 2.36. The van der Waals surface area contributed by atoms with Gasteiger partial charge in [0.2, 0.25) is 0 Å². The Morgan fingerprint density at radius 1 is 1.35 bits per heavy atom. The van der Waals surface area contributed by atoms with Gasteiger partial charge in [0.1, 0.15) is 0 Å². The lowest BCUT2D eigenvalue weighted by molar-refractivity contribution is -0.386. The third kappa shape index (κ3) is 2.56. The molecule has 106 valence electrons. The molecule has 0 atom stereocenters.